The van der Waals surface area contributed by atoms with Gasteiger partial charge in [0.2, 0.25) is 0 Å². The Kier molecular flexibility index (Phi) is 7.08. The first-order valence-electron chi connectivity index (χ1n) is 8.27. The van der Waals surface area contributed by atoms with Crippen molar-refractivity contribution in [2.45, 2.75) is 38.8 Å². The van der Waals surface area contributed by atoms with Gasteiger partial charge in [-0.15, -0.1) is 0 Å². The van der Waals surface area contributed by atoms with Gasteiger partial charge >= 0.3 is 0 Å². The van der Waals surface area contributed by atoms with Gasteiger partial charge in [-0.1, -0.05) is 50.6 Å². The summed E-state index contributed by atoms with van der Waals surface area (Å²) in [5.41, 5.74) is 1.46. The summed E-state index contributed by atoms with van der Waals surface area (Å²) in [5.74, 6) is 2.02. The van der Waals surface area contributed by atoms with Crippen LogP contribution in [0.2, 0.25) is 0 Å². The minimum atomic E-state index is 0.536. The fraction of sp³-hybridized carbons (Fsp3) is 0.667. The Balaban J connectivity index is 2.04. The van der Waals surface area contributed by atoms with Gasteiger partial charge in [-0.2, -0.15) is 11.8 Å². The quantitative estimate of drug-likeness (QED) is 0.771. The van der Waals surface area contributed by atoms with Gasteiger partial charge in [0.15, 0.2) is 0 Å². The molecule has 2 rings (SSSR count). The van der Waals surface area contributed by atoms with Crippen molar-refractivity contribution in [3.63, 3.8) is 0 Å². The van der Waals surface area contributed by atoms with Gasteiger partial charge in [0.1, 0.15) is 0 Å². The molecule has 0 saturated carbocycles. The molecule has 1 aliphatic heterocycles. The standard InChI is InChI=1S/C18H30N2S/c1-4-15(2)17-14-20(11-8-12-21-3)18(13-19-17)16-9-6-5-7-10-16/h5-7,9-10,15,17-19H,4,8,11-14H2,1-3H3. The predicted octanol–water partition coefficient (Wildman–Crippen LogP) is 3.80. The van der Waals surface area contributed by atoms with Crippen LogP contribution in [0.15, 0.2) is 30.3 Å². The second-order valence-corrected chi connectivity index (χ2v) is 7.15. The molecule has 118 valence electrons. The largest absolute Gasteiger partial charge is 0.311 e. The summed E-state index contributed by atoms with van der Waals surface area (Å²) in [6.45, 7) is 8.16. The molecule has 0 aromatic heterocycles. The molecule has 2 nitrogen and oxygen atoms in total. The summed E-state index contributed by atoms with van der Waals surface area (Å²) < 4.78 is 0. The second kappa shape index (κ2) is 8.82. The van der Waals surface area contributed by atoms with Gasteiger partial charge in [-0.05, 0) is 36.5 Å². The molecule has 0 bridgehead atoms. The molecule has 1 heterocycles. The van der Waals surface area contributed by atoms with E-state index in [1.165, 1.54) is 37.2 Å². The van der Waals surface area contributed by atoms with E-state index in [0.717, 1.165) is 12.5 Å². The average Bonchev–Trinajstić information content (AvgIpc) is 2.55. The van der Waals surface area contributed by atoms with E-state index < -0.39 is 0 Å². The lowest BCUT2D eigenvalue weighted by Gasteiger charge is -2.42. The Bertz CT molecular complexity index is 395. The van der Waals surface area contributed by atoms with E-state index in [2.05, 4.69) is 60.7 Å². The lowest BCUT2D eigenvalue weighted by atomic mass is 9.93. The van der Waals surface area contributed by atoms with Gasteiger partial charge in [-0.25, -0.2) is 0 Å². The molecule has 0 radical (unpaired) electrons. The number of rotatable bonds is 7. The summed E-state index contributed by atoms with van der Waals surface area (Å²) in [4.78, 5) is 2.71. The lowest BCUT2D eigenvalue weighted by Crippen LogP contribution is -2.54. The van der Waals surface area contributed by atoms with E-state index in [4.69, 9.17) is 0 Å². The van der Waals surface area contributed by atoms with Crippen LogP contribution in [0.25, 0.3) is 0 Å². The maximum absolute atomic E-state index is 3.79. The van der Waals surface area contributed by atoms with Crippen LogP contribution in [0.1, 0.15) is 38.3 Å². The first-order chi connectivity index (χ1) is 10.3. The van der Waals surface area contributed by atoms with E-state index >= 15 is 0 Å². The number of piperazine rings is 1. The average molecular weight is 307 g/mol. The van der Waals surface area contributed by atoms with Crippen molar-refractivity contribution < 1.29 is 0 Å². The topological polar surface area (TPSA) is 15.3 Å². The molecule has 1 aromatic rings. The number of benzene rings is 1. The van der Waals surface area contributed by atoms with Crippen LogP contribution in [-0.2, 0) is 0 Å². The minimum absolute atomic E-state index is 0.536. The molecule has 3 atom stereocenters. The van der Waals surface area contributed by atoms with Crippen molar-refractivity contribution in [2.24, 2.45) is 5.92 Å². The van der Waals surface area contributed by atoms with Crippen LogP contribution in [0, 0.1) is 5.92 Å². The fourth-order valence-corrected chi connectivity index (χ4v) is 3.58. The molecule has 1 aliphatic rings. The zero-order valence-electron chi connectivity index (χ0n) is 13.7. The molecular formula is C18H30N2S. The van der Waals surface area contributed by atoms with Crippen molar-refractivity contribution in [3.05, 3.63) is 35.9 Å². The summed E-state index contributed by atoms with van der Waals surface area (Å²) >= 11 is 1.96. The van der Waals surface area contributed by atoms with Crippen molar-refractivity contribution >= 4 is 11.8 Å². The predicted molar refractivity (Wildman–Crippen MR) is 95.0 cm³/mol. The van der Waals surface area contributed by atoms with Crippen LogP contribution >= 0.6 is 11.8 Å². The molecule has 1 N–H and O–H groups in total. The Morgan fingerprint density at radius 3 is 2.76 bits per heavy atom. The Morgan fingerprint density at radius 2 is 2.10 bits per heavy atom. The maximum atomic E-state index is 3.79. The third-order valence-corrected chi connectivity index (χ3v) is 5.45. The van der Waals surface area contributed by atoms with Gasteiger partial charge in [0.05, 0.1) is 0 Å². The number of nitrogens with one attached hydrogen (secondary N) is 1. The van der Waals surface area contributed by atoms with Crippen LogP contribution in [0.4, 0.5) is 0 Å². The molecule has 1 fully saturated rings. The highest BCUT2D eigenvalue weighted by atomic mass is 32.2. The maximum Gasteiger partial charge on any atom is 0.0473 e. The highest BCUT2D eigenvalue weighted by Gasteiger charge is 2.30. The smallest absolute Gasteiger partial charge is 0.0473 e. The van der Waals surface area contributed by atoms with Crippen molar-refractivity contribution in [1.29, 1.82) is 0 Å². The van der Waals surface area contributed by atoms with E-state index in [-0.39, 0.29) is 0 Å². The number of hydrogen-bond acceptors (Lipinski definition) is 3. The van der Waals surface area contributed by atoms with Gasteiger partial charge in [0, 0.05) is 25.2 Å². The normalized spacial score (nSPS) is 24.9. The number of thioether (sulfide) groups is 1. The highest BCUT2D eigenvalue weighted by Crippen LogP contribution is 2.26. The zero-order chi connectivity index (χ0) is 15.1. The Hall–Kier alpha value is -0.510. The lowest BCUT2D eigenvalue weighted by molar-refractivity contribution is 0.109. The van der Waals surface area contributed by atoms with Crippen LogP contribution in [0.5, 0.6) is 0 Å². The van der Waals surface area contributed by atoms with E-state index in [0.29, 0.717) is 12.1 Å². The third-order valence-electron chi connectivity index (χ3n) is 4.75. The Morgan fingerprint density at radius 1 is 1.33 bits per heavy atom. The van der Waals surface area contributed by atoms with Gasteiger partial charge < -0.3 is 5.32 Å². The zero-order valence-corrected chi connectivity index (χ0v) is 14.5. The first kappa shape index (κ1) is 16.9. The summed E-state index contributed by atoms with van der Waals surface area (Å²) in [6, 6.07) is 12.2. The van der Waals surface area contributed by atoms with Crippen LogP contribution < -0.4 is 5.32 Å². The van der Waals surface area contributed by atoms with E-state index in [1.807, 2.05) is 11.8 Å². The van der Waals surface area contributed by atoms with Gasteiger partial charge in [-0.3, -0.25) is 4.90 Å². The van der Waals surface area contributed by atoms with Crippen molar-refractivity contribution in [1.82, 2.24) is 10.2 Å². The molecule has 3 unspecified atom stereocenters. The van der Waals surface area contributed by atoms with Crippen LogP contribution in [0.3, 0.4) is 0 Å². The number of hydrogen-bond donors (Lipinski definition) is 1. The molecule has 0 amide bonds. The highest BCUT2D eigenvalue weighted by molar-refractivity contribution is 7.98. The van der Waals surface area contributed by atoms with Crippen LogP contribution in [-0.4, -0.2) is 42.6 Å². The molecule has 1 aromatic carbocycles. The summed E-state index contributed by atoms with van der Waals surface area (Å²) in [6.07, 6.45) is 4.75. The number of nitrogens with zero attached hydrogens (tertiary/aromatic N) is 1. The molecule has 0 aliphatic carbocycles. The van der Waals surface area contributed by atoms with E-state index in [9.17, 15) is 0 Å². The fourth-order valence-electron chi connectivity index (χ4n) is 3.17. The summed E-state index contributed by atoms with van der Waals surface area (Å²) in [7, 11) is 0. The monoisotopic (exact) mass is 306 g/mol. The SMILES string of the molecule is CCC(C)C1CN(CCCSC)C(c2ccccc2)CN1. The first-order valence-corrected chi connectivity index (χ1v) is 9.67. The summed E-state index contributed by atoms with van der Waals surface area (Å²) in [5, 5.41) is 3.79. The molecule has 3 heteroatoms. The molecule has 0 spiro atoms. The Labute approximate surface area is 134 Å². The van der Waals surface area contributed by atoms with Crippen molar-refractivity contribution in [3.8, 4) is 0 Å². The van der Waals surface area contributed by atoms with E-state index in [1.54, 1.807) is 0 Å². The second-order valence-electron chi connectivity index (χ2n) is 6.17. The van der Waals surface area contributed by atoms with Gasteiger partial charge in [0.25, 0.3) is 0 Å². The van der Waals surface area contributed by atoms with Crippen molar-refractivity contribution in [2.75, 3.05) is 31.6 Å². The molecule has 1 saturated heterocycles. The molecule has 21 heavy (non-hydrogen) atoms. The third kappa shape index (κ3) is 4.73. The minimum Gasteiger partial charge on any atom is -0.311 e. The molecular weight excluding hydrogens is 276 g/mol.